The molecule has 1 heteroatoms. The van der Waals surface area contributed by atoms with E-state index in [2.05, 4.69) is 128 Å². The van der Waals surface area contributed by atoms with Crippen LogP contribution in [-0.2, 0) is 0 Å². The molecular formula is C37H31N. The van der Waals surface area contributed by atoms with Gasteiger partial charge in [0.2, 0.25) is 0 Å². The molecule has 0 saturated heterocycles. The summed E-state index contributed by atoms with van der Waals surface area (Å²) in [5.41, 5.74) is 6.37. The van der Waals surface area contributed by atoms with Gasteiger partial charge in [0, 0.05) is 18.3 Å². The highest BCUT2D eigenvalue weighted by Gasteiger charge is 2.19. The van der Waals surface area contributed by atoms with Crippen LogP contribution < -0.4 is 0 Å². The van der Waals surface area contributed by atoms with E-state index in [0.717, 1.165) is 12.8 Å². The summed E-state index contributed by atoms with van der Waals surface area (Å²) in [6.07, 6.45) is 16.6. The van der Waals surface area contributed by atoms with Crippen molar-refractivity contribution in [3.8, 4) is 11.1 Å². The second kappa shape index (κ2) is 10.5. The molecule has 0 spiro atoms. The molecule has 0 aliphatic carbocycles. The molecule has 1 nitrogen and oxygen atoms in total. The van der Waals surface area contributed by atoms with Crippen LogP contribution in [0.5, 0.6) is 0 Å². The molecule has 0 N–H and O–H groups in total. The first-order valence-electron chi connectivity index (χ1n) is 13.4. The predicted molar refractivity (Wildman–Crippen MR) is 167 cm³/mol. The maximum absolute atomic E-state index is 4.30. The van der Waals surface area contributed by atoms with Crippen LogP contribution in [0.25, 0.3) is 49.0 Å². The van der Waals surface area contributed by atoms with Gasteiger partial charge in [-0.3, -0.25) is 4.99 Å². The fourth-order valence-electron chi connectivity index (χ4n) is 5.90. The first-order chi connectivity index (χ1) is 18.8. The SMILES string of the molecule is C=C/C=C(\C=C/CC)c1c2ccccc2c(-c2cccc3c(C4C=CN=CC4)cccc23)c2ccccc12. The summed E-state index contributed by atoms with van der Waals surface area (Å²) >= 11 is 0. The number of hydrogen-bond acceptors (Lipinski definition) is 1. The molecule has 0 saturated carbocycles. The van der Waals surface area contributed by atoms with Gasteiger partial charge in [-0.2, -0.15) is 0 Å². The molecular weight excluding hydrogens is 458 g/mol. The third kappa shape index (κ3) is 4.11. The van der Waals surface area contributed by atoms with Crippen molar-refractivity contribution in [2.24, 2.45) is 4.99 Å². The van der Waals surface area contributed by atoms with Crippen LogP contribution in [0, 0.1) is 0 Å². The van der Waals surface area contributed by atoms with Crippen LogP contribution in [0.1, 0.15) is 36.8 Å². The smallest absolute Gasteiger partial charge is 0.0230 e. The minimum absolute atomic E-state index is 0.347. The van der Waals surface area contributed by atoms with Crippen LogP contribution in [0.4, 0.5) is 0 Å². The number of rotatable bonds is 6. The Bertz CT molecular complexity index is 1740. The van der Waals surface area contributed by atoms with Gasteiger partial charge in [-0.05, 0) is 73.0 Å². The second-order valence-electron chi connectivity index (χ2n) is 9.77. The van der Waals surface area contributed by atoms with E-state index < -0.39 is 0 Å². The standard InChI is InChI=1S/C37H31N/c1-3-5-13-27(12-4-2)36-32-14-6-8-16-34(32)37(35-17-9-7-15-33(35)36)31-21-11-19-29-28(18-10-20-30(29)31)26-22-24-38-25-23-26/h4-22,24-26H,2-3,23H2,1H3/b13-5-,27-12+. The monoisotopic (exact) mass is 489 g/mol. The van der Waals surface area contributed by atoms with Crippen molar-refractivity contribution in [3.63, 3.8) is 0 Å². The van der Waals surface area contributed by atoms with E-state index in [1.54, 1.807) is 0 Å². The average molecular weight is 490 g/mol. The van der Waals surface area contributed by atoms with E-state index in [0.29, 0.717) is 5.92 Å². The lowest BCUT2D eigenvalue weighted by molar-refractivity contribution is 0.896. The highest BCUT2D eigenvalue weighted by molar-refractivity contribution is 6.22. The van der Waals surface area contributed by atoms with E-state index in [1.807, 2.05) is 18.5 Å². The molecule has 0 amide bonds. The van der Waals surface area contributed by atoms with Crippen LogP contribution in [0.3, 0.4) is 0 Å². The Hall–Kier alpha value is -4.49. The van der Waals surface area contributed by atoms with Gasteiger partial charge in [-0.1, -0.05) is 129 Å². The maximum atomic E-state index is 4.30. The Kier molecular flexibility index (Phi) is 6.58. The largest absolute Gasteiger partial charge is 0.269 e. The number of nitrogens with zero attached hydrogens (tertiary/aromatic N) is 1. The maximum Gasteiger partial charge on any atom is 0.0230 e. The lowest BCUT2D eigenvalue weighted by Crippen LogP contribution is -2.00. The number of hydrogen-bond donors (Lipinski definition) is 0. The van der Waals surface area contributed by atoms with E-state index in [9.17, 15) is 0 Å². The van der Waals surface area contributed by atoms with E-state index in [-0.39, 0.29) is 0 Å². The lowest BCUT2D eigenvalue weighted by atomic mass is 9.83. The van der Waals surface area contributed by atoms with Gasteiger partial charge in [-0.25, -0.2) is 0 Å². The van der Waals surface area contributed by atoms with Gasteiger partial charge in [0.1, 0.15) is 0 Å². The Morgan fingerprint density at radius 3 is 2.13 bits per heavy atom. The van der Waals surface area contributed by atoms with E-state index in [1.165, 1.54) is 60.1 Å². The van der Waals surface area contributed by atoms with Crippen molar-refractivity contribution >= 4 is 44.1 Å². The van der Waals surface area contributed by atoms with Crippen LogP contribution in [0.15, 0.2) is 133 Å². The fourth-order valence-corrected chi connectivity index (χ4v) is 5.90. The Labute approximate surface area is 224 Å². The summed E-state index contributed by atoms with van der Waals surface area (Å²) in [4.78, 5) is 4.30. The van der Waals surface area contributed by atoms with Gasteiger partial charge >= 0.3 is 0 Å². The van der Waals surface area contributed by atoms with Crippen LogP contribution in [0.2, 0.25) is 0 Å². The molecule has 0 fully saturated rings. The summed E-state index contributed by atoms with van der Waals surface area (Å²) in [5, 5.41) is 7.65. The number of aliphatic imine (C=N–C) groups is 1. The molecule has 38 heavy (non-hydrogen) atoms. The first kappa shape index (κ1) is 23.9. The van der Waals surface area contributed by atoms with Crippen molar-refractivity contribution in [2.45, 2.75) is 25.7 Å². The summed E-state index contributed by atoms with van der Waals surface area (Å²) in [5.74, 6) is 0.347. The van der Waals surface area contributed by atoms with Crippen LogP contribution in [-0.4, -0.2) is 6.21 Å². The third-order valence-electron chi connectivity index (χ3n) is 7.54. The molecule has 1 heterocycles. The normalized spacial score (nSPS) is 15.7. The van der Waals surface area contributed by atoms with Gasteiger partial charge < -0.3 is 0 Å². The summed E-state index contributed by atoms with van der Waals surface area (Å²) in [6, 6.07) is 31.2. The van der Waals surface area contributed by atoms with Gasteiger partial charge in [0.05, 0.1) is 0 Å². The highest BCUT2D eigenvalue weighted by Crippen LogP contribution is 2.44. The summed E-state index contributed by atoms with van der Waals surface area (Å²) in [7, 11) is 0. The fraction of sp³-hybridized carbons (Fsp3) is 0.108. The van der Waals surface area contributed by atoms with Gasteiger partial charge in [0.25, 0.3) is 0 Å². The van der Waals surface area contributed by atoms with Gasteiger partial charge in [0.15, 0.2) is 0 Å². The van der Waals surface area contributed by atoms with Crippen molar-refractivity contribution in [1.82, 2.24) is 0 Å². The molecule has 6 rings (SSSR count). The molecule has 5 aromatic carbocycles. The summed E-state index contributed by atoms with van der Waals surface area (Å²) in [6.45, 7) is 6.19. The molecule has 0 bridgehead atoms. The molecule has 1 aliphatic rings. The van der Waals surface area contributed by atoms with Crippen LogP contribution >= 0.6 is 0 Å². The topological polar surface area (TPSA) is 12.4 Å². The van der Waals surface area contributed by atoms with Crippen molar-refractivity contribution in [3.05, 3.63) is 139 Å². The van der Waals surface area contributed by atoms with Crippen molar-refractivity contribution < 1.29 is 0 Å². The molecule has 1 aliphatic heterocycles. The molecule has 184 valence electrons. The first-order valence-corrected chi connectivity index (χ1v) is 13.4. The number of allylic oxidation sites excluding steroid dienone is 6. The zero-order valence-electron chi connectivity index (χ0n) is 21.8. The van der Waals surface area contributed by atoms with Gasteiger partial charge in [-0.15, -0.1) is 0 Å². The average Bonchev–Trinajstić information content (AvgIpc) is 2.98. The zero-order valence-corrected chi connectivity index (χ0v) is 21.8. The highest BCUT2D eigenvalue weighted by atomic mass is 14.7. The lowest BCUT2D eigenvalue weighted by Gasteiger charge is -2.20. The molecule has 1 unspecified atom stereocenters. The minimum Gasteiger partial charge on any atom is -0.269 e. The quantitative estimate of drug-likeness (QED) is 0.166. The minimum atomic E-state index is 0.347. The Morgan fingerprint density at radius 1 is 0.816 bits per heavy atom. The third-order valence-corrected chi connectivity index (χ3v) is 7.54. The molecule has 1 atom stereocenters. The summed E-state index contributed by atoms with van der Waals surface area (Å²) < 4.78 is 0. The Balaban J connectivity index is 1.71. The number of fused-ring (bicyclic) bond motifs is 3. The zero-order chi connectivity index (χ0) is 25.9. The predicted octanol–water partition coefficient (Wildman–Crippen LogP) is 10.4. The number of benzene rings is 5. The Morgan fingerprint density at radius 2 is 1.47 bits per heavy atom. The van der Waals surface area contributed by atoms with E-state index >= 15 is 0 Å². The molecule has 0 aromatic heterocycles. The molecule has 0 radical (unpaired) electrons. The molecule has 5 aromatic rings. The van der Waals surface area contributed by atoms with Crippen molar-refractivity contribution in [2.75, 3.05) is 0 Å². The second-order valence-corrected chi connectivity index (χ2v) is 9.77. The van der Waals surface area contributed by atoms with E-state index in [4.69, 9.17) is 0 Å². The van der Waals surface area contributed by atoms with Crippen molar-refractivity contribution in [1.29, 1.82) is 0 Å².